The molecule has 49 heavy (non-hydrogen) atoms. The molecule has 268 valence electrons. The van der Waals surface area contributed by atoms with Crippen LogP contribution in [0.5, 0.6) is 5.75 Å². The van der Waals surface area contributed by atoms with E-state index in [1.807, 2.05) is 49.4 Å². The number of amides is 1. The molecule has 2 unspecified atom stereocenters. The number of aliphatic carboxylic acids is 2. The zero-order chi connectivity index (χ0) is 36.9. The molecule has 1 aliphatic carbocycles. The van der Waals surface area contributed by atoms with E-state index in [2.05, 4.69) is 25.6 Å². The molecule has 0 radical (unpaired) electrons. The van der Waals surface area contributed by atoms with Gasteiger partial charge in [0.05, 0.1) is 24.7 Å². The maximum Gasteiger partial charge on any atom is 0.490 e. The van der Waals surface area contributed by atoms with E-state index in [0.717, 1.165) is 47.9 Å². The van der Waals surface area contributed by atoms with Gasteiger partial charge in [0, 0.05) is 11.9 Å². The standard InChI is InChI=1S/C26H33N7O2.2C2HF3O2/c1-16-7-12-20-19(15-16)23(31-21-5-3-4-6-22(21)32-26(27)28)33-24(30-20)25(34)29-14-13-17-8-10-18(35-2)11-9-17;2*3-2(4,5)1(6)7/h7-12,15,21-22H,3-6,13-14H2,1-2H3,(H,29,34)(H4,27,28,32)(H,30,31,33);2*(H,6,7). The molecule has 1 fully saturated rings. The number of carboxylic acids is 2. The molecule has 0 bridgehead atoms. The first kappa shape index (κ1) is 39.8. The van der Waals surface area contributed by atoms with Gasteiger partial charge in [-0.3, -0.25) is 4.79 Å². The van der Waals surface area contributed by atoms with E-state index in [0.29, 0.717) is 24.3 Å². The third kappa shape index (κ3) is 13.3. The molecule has 0 aliphatic heterocycles. The second-order valence-corrected chi connectivity index (χ2v) is 10.5. The summed E-state index contributed by atoms with van der Waals surface area (Å²) < 4.78 is 68.7. The minimum Gasteiger partial charge on any atom is -0.497 e. The lowest BCUT2D eigenvalue weighted by atomic mass is 9.90. The number of aryl methyl sites for hydroxylation is 1. The zero-order valence-corrected chi connectivity index (χ0v) is 26.2. The molecule has 2 atom stereocenters. The Kier molecular flexibility index (Phi) is 14.4. The number of guanidine groups is 1. The monoisotopic (exact) mass is 703 g/mol. The molecular weight excluding hydrogens is 668 g/mol. The van der Waals surface area contributed by atoms with E-state index in [4.69, 9.17) is 36.0 Å². The number of carbonyl (C=O) groups is 3. The first-order valence-corrected chi connectivity index (χ1v) is 14.5. The highest BCUT2D eigenvalue weighted by atomic mass is 19.4. The number of hydrogen-bond donors (Lipinski definition) is 6. The van der Waals surface area contributed by atoms with Gasteiger partial charge in [0.15, 0.2) is 5.96 Å². The number of anilines is 1. The number of carboxylic acid groups (broad SMARTS) is 2. The Labute approximate surface area is 275 Å². The van der Waals surface area contributed by atoms with Crippen LogP contribution in [0.2, 0.25) is 0 Å². The molecule has 19 heteroatoms. The summed E-state index contributed by atoms with van der Waals surface area (Å²) in [5, 5.41) is 21.6. The third-order valence-electron chi connectivity index (χ3n) is 6.76. The minimum absolute atomic E-state index is 0.0236. The fourth-order valence-electron chi connectivity index (χ4n) is 4.45. The highest BCUT2D eigenvalue weighted by molar-refractivity contribution is 5.96. The van der Waals surface area contributed by atoms with E-state index >= 15 is 0 Å². The number of halogens is 6. The van der Waals surface area contributed by atoms with Crippen molar-refractivity contribution in [2.75, 3.05) is 19.0 Å². The van der Waals surface area contributed by atoms with Gasteiger partial charge in [-0.1, -0.05) is 36.6 Å². The lowest BCUT2D eigenvalue weighted by Gasteiger charge is -2.30. The Bertz CT molecular complexity index is 1590. The van der Waals surface area contributed by atoms with E-state index in [1.54, 1.807) is 7.11 Å². The number of ether oxygens (including phenoxy) is 1. The van der Waals surface area contributed by atoms with E-state index < -0.39 is 24.3 Å². The number of aromatic nitrogens is 2. The van der Waals surface area contributed by atoms with Crippen LogP contribution in [0.4, 0.5) is 32.2 Å². The van der Waals surface area contributed by atoms with Gasteiger partial charge < -0.3 is 37.1 Å². The molecule has 4 rings (SSSR count). The van der Waals surface area contributed by atoms with Crippen LogP contribution in [-0.4, -0.2) is 82.1 Å². The molecule has 1 saturated carbocycles. The van der Waals surface area contributed by atoms with Gasteiger partial charge in [-0.15, -0.1) is 0 Å². The summed E-state index contributed by atoms with van der Waals surface area (Å²) in [5.74, 6) is -4.18. The van der Waals surface area contributed by atoms with Crippen molar-refractivity contribution in [3.05, 3.63) is 59.4 Å². The van der Waals surface area contributed by atoms with Crippen LogP contribution in [0.3, 0.4) is 0 Å². The fraction of sp³-hybridized carbons (Fsp3) is 0.400. The van der Waals surface area contributed by atoms with Crippen LogP contribution >= 0.6 is 0 Å². The lowest BCUT2D eigenvalue weighted by Crippen LogP contribution is -2.38. The third-order valence-corrected chi connectivity index (χ3v) is 6.76. The number of nitrogens with zero attached hydrogens (tertiary/aromatic N) is 3. The van der Waals surface area contributed by atoms with Gasteiger partial charge in [-0.2, -0.15) is 26.3 Å². The van der Waals surface area contributed by atoms with Crippen LogP contribution in [0.1, 0.15) is 47.4 Å². The summed E-state index contributed by atoms with van der Waals surface area (Å²) in [6, 6.07) is 13.7. The van der Waals surface area contributed by atoms with Crippen molar-refractivity contribution >= 4 is 40.5 Å². The fourth-order valence-corrected chi connectivity index (χ4v) is 4.45. The van der Waals surface area contributed by atoms with Gasteiger partial charge >= 0.3 is 24.3 Å². The van der Waals surface area contributed by atoms with E-state index in [9.17, 15) is 31.1 Å². The number of hydrogen-bond acceptors (Lipinski definition) is 8. The smallest absolute Gasteiger partial charge is 0.490 e. The minimum atomic E-state index is -5.08. The second kappa shape index (κ2) is 17.7. The first-order valence-electron chi connectivity index (χ1n) is 14.5. The van der Waals surface area contributed by atoms with Crippen molar-refractivity contribution in [3.63, 3.8) is 0 Å². The van der Waals surface area contributed by atoms with Crippen molar-refractivity contribution < 1.29 is 55.7 Å². The number of aliphatic imine (C=N–C) groups is 1. The largest absolute Gasteiger partial charge is 0.497 e. The number of nitrogens with two attached hydrogens (primary N) is 2. The van der Waals surface area contributed by atoms with Crippen molar-refractivity contribution in [1.82, 2.24) is 15.3 Å². The molecule has 0 spiro atoms. The van der Waals surface area contributed by atoms with Gasteiger partial charge in [0.25, 0.3) is 5.91 Å². The zero-order valence-electron chi connectivity index (χ0n) is 26.2. The Balaban J connectivity index is 0.000000500. The predicted octanol–water partition coefficient (Wildman–Crippen LogP) is 4.18. The van der Waals surface area contributed by atoms with Crippen molar-refractivity contribution in [2.45, 2.75) is 63.5 Å². The molecule has 13 nitrogen and oxygen atoms in total. The number of benzene rings is 2. The Morgan fingerprint density at radius 3 is 2.04 bits per heavy atom. The molecule has 0 saturated heterocycles. The highest BCUT2D eigenvalue weighted by Crippen LogP contribution is 2.28. The SMILES string of the molecule is COc1ccc(CCNC(=O)c2nc(NC3CCCCC3N=C(N)N)c3cc(C)ccc3n2)cc1.O=C(O)C(F)(F)F.O=C(O)C(F)(F)F. The van der Waals surface area contributed by atoms with E-state index in [-0.39, 0.29) is 29.8 Å². The normalized spacial score (nSPS) is 15.8. The number of fused-ring (bicyclic) bond motifs is 1. The summed E-state index contributed by atoms with van der Waals surface area (Å²) in [6.45, 7) is 2.49. The van der Waals surface area contributed by atoms with Gasteiger partial charge in [0.2, 0.25) is 5.82 Å². The van der Waals surface area contributed by atoms with Crippen LogP contribution in [0.25, 0.3) is 10.9 Å². The summed E-state index contributed by atoms with van der Waals surface area (Å²) in [4.78, 5) is 44.4. The molecule has 1 aromatic heterocycles. The number of methoxy groups -OCH3 is 1. The molecule has 1 heterocycles. The Morgan fingerprint density at radius 2 is 1.51 bits per heavy atom. The number of carbonyl (C=O) groups excluding carboxylic acids is 1. The van der Waals surface area contributed by atoms with E-state index in [1.165, 1.54) is 0 Å². The Hall–Kier alpha value is -5.36. The average Bonchev–Trinajstić information content (AvgIpc) is 3.02. The predicted molar refractivity (Wildman–Crippen MR) is 166 cm³/mol. The molecule has 1 aliphatic rings. The quantitative estimate of drug-likeness (QED) is 0.111. The van der Waals surface area contributed by atoms with Gasteiger partial charge in [-0.05, 0) is 56.0 Å². The van der Waals surface area contributed by atoms with Crippen LogP contribution in [0.15, 0.2) is 47.5 Å². The average molecular weight is 704 g/mol. The maximum atomic E-state index is 13.0. The molecule has 3 aromatic rings. The molecular formula is C30H35F6N7O6. The second-order valence-electron chi connectivity index (χ2n) is 10.5. The van der Waals surface area contributed by atoms with Crippen molar-refractivity contribution in [2.24, 2.45) is 16.5 Å². The van der Waals surface area contributed by atoms with Gasteiger partial charge in [-0.25, -0.2) is 24.5 Å². The highest BCUT2D eigenvalue weighted by Gasteiger charge is 2.39. The van der Waals surface area contributed by atoms with Crippen LogP contribution in [0, 0.1) is 6.92 Å². The van der Waals surface area contributed by atoms with Crippen LogP contribution < -0.4 is 26.8 Å². The van der Waals surface area contributed by atoms with Crippen molar-refractivity contribution in [3.8, 4) is 5.75 Å². The number of rotatable bonds is 8. The Morgan fingerprint density at radius 1 is 0.939 bits per heavy atom. The summed E-state index contributed by atoms with van der Waals surface area (Å²) >= 11 is 0. The maximum absolute atomic E-state index is 13.0. The number of nitrogens with one attached hydrogen (secondary N) is 2. The van der Waals surface area contributed by atoms with Gasteiger partial charge in [0.1, 0.15) is 11.6 Å². The van der Waals surface area contributed by atoms with Crippen LogP contribution in [-0.2, 0) is 16.0 Å². The first-order chi connectivity index (χ1) is 22.8. The lowest BCUT2D eigenvalue weighted by molar-refractivity contribution is -0.193. The van der Waals surface area contributed by atoms with Crippen molar-refractivity contribution in [1.29, 1.82) is 0 Å². The summed E-state index contributed by atoms with van der Waals surface area (Å²) in [5.41, 5.74) is 14.2. The summed E-state index contributed by atoms with van der Waals surface area (Å²) in [7, 11) is 1.64. The topological polar surface area (TPSA) is 215 Å². The molecule has 1 amide bonds. The molecule has 2 aromatic carbocycles. The molecule has 8 N–H and O–H groups in total. The summed E-state index contributed by atoms with van der Waals surface area (Å²) in [6.07, 6.45) is -5.51. The number of alkyl halides is 6.